The van der Waals surface area contributed by atoms with E-state index in [1.165, 1.54) is 0 Å². The summed E-state index contributed by atoms with van der Waals surface area (Å²) in [6.07, 6.45) is 2.02. The van der Waals surface area contributed by atoms with Gasteiger partial charge in [0, 0.05) is 26.1 Å². The second kappa shape index (κ2) is 8.50. The van der Waals surface area contributed by atoms with Crippen LogP contribution in [-0.4, -0.2) is 33.8 Å². The molecule has 0 amide bonds. The highest BCUT2D eigenvalue weighted by Crippen LogP contribution is 2.20. The molecule has 2 aromatic rings. The Morgan fingerprint density at radius 2 is 2.19 bits per heavy atom. The monoisotopic (exact) mass is 372 g/mol. The number of guanidine groups is 1. The zero-order chi connectivity index (χ0) is 19.4. The Labute approximate surface area is 160 Å². The number of nitrogens with one attached hydrogen (secondary N) is 2. The van der Waals surface area contributed by atoms with E-state index in [2.05, 4.69) is 25.4 Å². The Kier molecular flexibility index (Phi) is 6.08. The van der Waals surface area contributed by atoms with E-state index in [4.69, 9.17) is 4.99 Å². The predicted molar refractivity (Wildman–Crippen MR) is 105 cm³/mol. The summed E-state index contributed by atoms with van der Waals surface area (Å²) in [5.41, 5.74) is 1.57. The Bertz CT molecular complexity index is 813. The van der Waals surface area contributed by atoms with Crippen LogP contribution in [0.5, 0.6) is 0 Å². The Balaban J connectivity index is 1.64. The fourth-order valence-corrected chi connectivity index (χ4v) is 3.39. The molecule has 1 aromatic heterocycles. The summed E-state index contributed by atoms with van der Waals surface area (Å²) in [4.78, 5) is 4.78. The number of fused-ring (bicyclic) bond motifs is 1. The molecule has 3 rings (SSSR count). The summed E-state index contributed by atoms with van der Waals surface area (Å²) in [5, 5.41) is 15.1. The van der Waals surface area contributed by atoms with Gasteiger partial charge in [-0.1, -0.05) is 12.1 Å². The lowest BCUT2D eigenvalue weighted by molar-refractivity contribution is 0.369. The van der Waals surface area contributed by atoms with Gasteiger partial charge in [-0.3, -0.25) is 4.99 Å². The second-order valence-corrected chi connectivity index (χ2v) is 7.27. The van der Waals surface area contributed by atoms with E-state index >= 15 is 0 Å². The van der Waals surface area contributed by atoms with Gasteiger partial charge in [0.1, 0.15) is 17.5 Å². The highest BCUT2D eigenvalue weighted by molar-refractivity contribution is 5.80. The van der Waals surface area contributed by atoms with Crippen molar-refractivity contribution in [2.45, 2.75) is 53.1 Å². The molecule has 0 saturated carbocycles. The van der Waals surface area contributed by atoms with Gasteiger partial charge >= 0.3 is 0 Å². The normalized spacial score (nSPS) is 18.1. The molecule has 0 fully saturated rings. The smallest absolute Gasteiger partial charge is 0.191 e. The first-order valence-corrected chi connectivity index (χ1v) is 9.67. The van der Waals surface area contributed by atoms with Crippen LogP contribution in [0, 0.1) is 25.6 Å². The molecule has 7 heteroatoms. The summed E-state index contributed by atoms with van der Waals surface area (Å²) >= 11 is 0. The highest BCUT2D eigenvalue weighted by atomic mass is 19.1. The number of rotatable bonds is 5. The molecule has 27 heavy (non-hydrogen) atoms. The van der Waals surface area contributed by atoms with Crippen molar-refractivity contribution in [1.82, 2.24) is 25.4 Å². The number of nitrogens with zero attached hydrogens (tertiary/aromatic N) is 4. The zero-order valence-corrected chi connectivity index (χ0v) is 16.6. The number of aryl methyl sites for hydroxylation is 3. The molecule has 2 atom stereocenters. The number of aromatic nitrogens is 3. The lowest BCUT2D eigenvalue weighted by atomic mass is 9.99. The fourth-order valence-electron chi connectivity index (χ4n) is 3.39. The van der Waals surface area contributed by atoms with Crippen LogP contribution in [0.3, 0.4) is 0 Å². The predicted octanol–water partition coefficient (Wildman–Crippen LogP) is 2.91. The largest absolute Gasteiger partial charge is 0.357 e. The minimum Gasteiger partial charge on any atom is -0.357 e. The standard InChI is InChI=1S/C20H29FN6/c1-5-22-20(24-14(3)17-8-6-13(2)18(21)10-17)23-11-16-7-9-19-26-25-15(4)27(19)12-16/h6,8,10,14,16H,5,7,9,11-12H2,1-4H3,(H2,22,23,24). The molecule has 0 bridgehead atoms. The van der Waals surface area contributed by atoms with Crippen LogP contribution >= 0.6 is 0 Å². The molecule has 0 saturated heterocycles. The molecule has 1 aliphatic rings. The van der Waals surface area contributed by atoms with Gasteiger partial charge in [0.05, 0.1) is 6.04 Å². The van der Waals surface area contributed by atoms with Gasteiger partial charge in [-0.05, 0) is 57.2 Å². The third-order valence-electron chi connectivity index (χ3n) is 5.13. The summed E-state index contributed by atoms with van der Waals surface area (Å²) in [7, 11) is 0. The lowest BCUT2D eigenvalue weighted by Crippen LogP contribution is -2.39. The van der Waals surface area contributed by atoms with Gasteiger partial charge in [0.15, 0.2) is 5.96 Å². The van der Waals surface area contributed by atoms with Crippen molar-refractivity contribution in [1.29, 1.82) is 0 Å². The van der Waals surface area contributed by atoms with E-state index in [1.807, 2.05) is 32.9 Å². The maximum Gasteiger partial charge on any atom is 0.191 e. The quantitative estimate of drug-likeness (QED) is 0.626. The van der Waals surface area contributed by atoms with Crippen molar-refractivity contribution in [3.8, 4) is 0 Å². The van der Waals surface area contributed by atoms with E-state index in [9.17, 15) is 4.39 Å². The van der Waals surface area contributed by atoms with Crippen molar-refractivity contribution in [2.75, 3.05) is 13.1 Å². The lowest BCUT2D eigenvalue weighted by Gasteiger charge is -2.23. The number of hydrogen-bond donors (Lipinski definition) is 2. The zero-order valence-electron chi connectivity index (χ0n) is 16.6. The van der Waals surface area contributed by atoms with Gasteiger partial charge in [-0.25, -0.2) is 4.39 Å². The van der Waals surface area contributed by atoms with Crippen LogP contribution < -0.4 is 10.6 Å². The van der Waals surface area contributed by atoms with Crippen LogP contribution in [0.1, 0.15) is 49.1 Å². The third kappa shape index (κ3) is 4.64. The summed E-state index contributed by atoms with van der Waals surface area (Å²) in [6, 6.07) is 5.33. The maximum atomic E-state index is 13.9. The molecule has 2 unspecified atom stereocenters. The minimum atomic E-state index is -0.176. The average Bonchev–Trinajstić information content (AvgIpc) is 3.02. The molecule has 1 aromatic carbocycles. The first-order chi connectivity index (χ1) is 13.0. The Morgan fingerprint density at radius 1 is 1.37 bits per heavy atom. The number of halogens is 1. The van der Waals surface area contributed by atoms with Crippen molar-refractivity contribution < 1.29 is 4.39 Å². The molecule has 0 aliphatic carbocycles. The molecular formula is C20H29FN6. The Hall–Kier alpha value is -2.44. The average molecular weight is 372 g/mol. The van der Waals surface area contributed by atoms with Gasteiger partial charge in [-0.2, -0.15) is 0 Å². The van der Waals surface area contributed by atoms with Gasteiger partial charge < -0.3 is 15.2 Å². The van der Waals surface area contributed by atoms with Gasteiger partial charge in [-0.15, -0.1) is 10.2 Å². The summed E-state index contributed by atoms with van der Waals surface area (Å²) < 4.78 is 16.1. The SMILES string of the molecule is CCNC(=NCC1CCc2nnc(C)n2C1)NC(C)c1ccc(C)c(F)c1. The minimum absolute atomic E-state index is 0.0315. The maximum absolute atomic E-state index is 13.9. The molecule has 6 nitrogen and oxygen atoms in total. The molecule has 2 heterocycles. The molecule has 0 spiro atoms. The van der Waals surface area contributed by atoms with Crippen molar-refractivity contribution in [3.05, 3.63) is 46.8 Å². The molecule has 2 N–H and O–H groups in total. The molecule has 0 radical (unpaired) electrons. The molecule has 1 aliphatic heterocycles. The van der Waals surface area contributed by atoms with E-state index in [1.54, 1.807) is 13.0 Å². The highest BCUT2D eigenvalue weighted by Gasteiger charge is 2.21. The number of aliphatic imine (C=N–C) groups is 1. The van der Waals surface area contributed by atoms with Gasteiger partial charge in [0.25, 0.3) is 0 Å². The second-order valence-electron chi connectivity index (χ2n) is 7.27. The van der Waals surface area contributed by atoms with Crippen molar-refractivity contribution in [3.63, 3.8) is 0 Å². The van der Waals surface area contributed by atoms with E-state index in [-0.39, 0.29) is 11.9 Å². The van der Waals surface area contributed by atoms with Crippen LogP contribution in [0.15, 0.2) is 23.2 Å². The third-order valence-corrected chi connectivity index (χ3v) is 5.13. The van der Waals surface area contributed by atoms with Crippen LogP contribution in [0.25, 0.3) is 0 Å². The van der Waals surface area contributed by atoms with Gasteiger partial charge in [0.2, 0.25) is 0 Å². The van der Waals surface area contributed by atoms with E-state index < -0.39 is 0 Å². The summed E-state index contributed by atoms with van der Waals surface area (Å²) in [5.74, 6) is 3.10. The van der Waals surface area contributed by atoms with E-state index in [0.717, 1.165) is 55.6 Å². The topological polar surface area (TPSA) is 67.1 Å². The number of hydrogen-bond acceptors (Lipinski definition) is 3. The Morgan fingerprint density at radius 3 is 2.93 bits per heavy atom. The summed E-state index contributed by atoms with van der Waals surface area (Å²) in [6.45, 7) is 10.3. The van der Waals surface area contributed by atoms with E-state index in [0.29, 0.717) is 11.5 Å². The van der Waals surface area contributed by atoms with Crippen LogP contribution in [0.4, 0.5) is 4.39 Å². The fraction of sp³-hybridized carbons (Fsp3) is 0.550. The first-order valence-electron chi connectivity index (χ1n) is 9.67. The number of benzene rings is 1. The van der Waals surface area contributed by atoms with Crippen LogP contribution in [0.2, 0.25) is 0 Å². The van der Waals surface area contributed by atoms with Crippen molar-refractivity contribution >= 4 is 5.96 Å². The molecule has 146 valence electrons. The first kappa shape index (κ1) is 19.3. The molecular weight excluding hydrogens is 343 g/mol. The van der Waals surface area contributed by atoms with Crippen LogP contribution in [-0.2, 0) is 13.0 Å². The van der Waals surface area contributed by atoms with Crippen molar-refractivity contribution in [2.24, 2.45) is 10.9 Å².